The smallest absolute Gasteiger partial charge is 0.258 e. The molecule has 9 heteroatoms. The summed E-state index contributed by atoms with van der Waals surface area (Å²) in [5.41, 5.74) is 1.63. The van der Waals surface area contributed by atoms with Crippen LogP contribution < -0.4 is 10.6 Å². The van der Waals surface area contributed by atoms with E-state index in [0.717, 1.165) is 35.8 Å². The summed E-state index contributed by atoms with van der Waals surface area (Å²) in [6.07, 6.45) is 1.96. The Kier molecular flexibility index (Phi) is 6.83. The lowest BCUT2D eigenvalue weighted by atomic mass is 10.2. The van der Waals surface area contributed by atoms with Crippen molar-refractivity contribution in [2.45, 2.75) is 17.9 Å². The second-order valence-electron chi connectivity index (χ2n) is 5.75. The van der Waals surface area contributed by atoms with E-state index in [9.17, 15) is 4.79 Å². The average molecular weight is 384 g/mol. The molecule has 136 valence electrons. The number of benzene rings is 1. The fourth-order valence-corrected chi connectivity index (χ4v) is 3.28. The number of anilines is 1. The van der Waals surface area contributed by atoms with Crippen molar-refractivity contribution in [1.82, 2.24) is 20.4 Å². The van der Waals surface area contributed by atoms with Crippen molar-refractivity contribution in [3.8, 4) is 11.5 Å². The summed E-state index contributed by atoms with van der Waals surface area (Å²) in [4.78, 5) is 19.0. The standard InChI is InChI=1S/C16H21N5O2S.ClH/c1-10(22)18-12-5-4-11(8-14(12)24-3)16-19-15(20-23-16)13-9-17-6-7-21(13)2;/h4-5,8,13,17H,6-7,9H2,1-3H3,(H,18,22);1H. The number of nitrogens with one attached hydrogen (secondary N) is 2. The first-order chi connectivity index (χ1) is 11.6. The first-order valence-corrected chi connectivity index (χ1v) is 9.01. The summed E-state index contributed by atoms with van der Waals surface area (Å²) >= 11 is 1.56. The molecule has 1 unspecified atom stereocenters. The average Bonchev–Trinajstić information content (AvgIpc) is 3.05. The van der Waals surface area contributed by atoms with Crippen LogP contribution in [-0.2, 0) is 4.79 Å². The molecule has 2 N–H and O–H groups in total. The molecule has 1 aliphatic heterocycles. The molecule has 1 aliphatic rings. The Bertz CT molecular complexity index is 739. The minimum atomic E-state index is -0.0917. The van der Waals surface area contributed by atoms with E-state index in [1.165, 1.54) is 6.92 Å². The molecule has 1 atom stereocenters. The summed E-state index contributed by atoms with van der Waals surface area (Å²) in [5, 5.41) is 10.3. The Morgan fingerprint density at radius 1 is 1.48 bits per heavy atom. The van der Waals surface area contributed by atoms with E-state index < -0.39 is 0 Å². The molecule has 1 fully saturated rings. The lowest BCUT2D eigenvalue weighted by Gasteiger charge is -2.30. The van der Waals surface area contributed by atoms with Gasteiger partial charge in [-0.1, -0.05) is 5.16 Å². The molecular formula is C16H22ClN5O2S. The van der Waals surface area contributed by atoms with Crippen LogP contribution in [0.2, 0.25) is 0 Å². The fraction of sp³-hybridized carbons (Fsp3) is 0.438. The molecule has 7 nitrogen and oxygen atoms in total. The van der Waals surface area contributed by atoms with Gasteiger partial charge in [-0.05, 0) is 31.5 Å². The van der Waals surface area contributed by atoms with Crippen LogP contribution >= 0.6 is 24.2 Å². The number of nitrogens with zero attached hydrogens (tertiary/aromatic N) is 3. The van der Waals surface area contributed by atoms with Gasteiger partial charge in [-0.15, -0.1) is 24.2 Å². The van der Waals surface area contributed by atoms with E-state index in [-0.39, 0.29) is 24.4 Å². The lowest BCUT2D eigenvalue weighted by Crippen LogP contribution is -2.44. The normalized spacial score (nSPS) is 17.8. The molecule has 1 saturated heterocycles. The topological polar surface area (TPSA) is 83.3 Å². The number of rotatable bonds is 4. The highest BCUT2D eigenvalue weighted by molar-refractivity contribution is 7.98. The van der Waals surface area contributed by atoms with Crippen LogP contribution in [-0.4, -0.2) is 53.9 Å². The van der Waals surface area contributed by atoms with Crippen LogP contribution in [0.4, 0.5) is 5.69 Å². The second-order valence-corrected chi connectivity index (χ2v) is 6.60. The number of hydrogen-bond donors (Lipinski definition) is 2. The van der Waals surface area contributed by atoms with E-state index in [1.54, 1.807) is 11.8 Å². The highest BCUT2D eigenvalue weighted by Crippen LogP contribution is 2.31. The van der Waals surface area contributed by atoms with E-state index in [2.05, 4.69) is 32.7 Å². The molecule has 0 radical (unpaired) electrons. The minimum absolute atomic E-state index is 0. The van der Waals surface area contributed by atoms with Gasteiger partial charge in [0.25, 0.3) is 5.89 Å². The number of carbonyl (C=O) groups excluding carboxylic acids is 1. The van der Waals surface area contributed by atoms with Crippen LogP contribution in [0, 0.1) is 0 Å². The maximum atomic E-state index is 11.3. The third-order valence-electron chi connectivity index (χ3n) is 4.01. The van der Waals surface area contributed by atoms with Crippen LogP contribution in [0.5, 0.6) is 0 Å². The van der Waals surface area contributed by atoms with Gasteiger partial charge in [0.05, 0.1) is 11.7 Å². The summed E-state index contributed by atoms with van der Waals surface area (Å²) in [6, 6.07) is 5.82. The van der Waals surface area contributed by atoms with Crippen molar-refractivity contribution in [3.05, 3.63) is 24.0 Å². The quantitative estimate of drug-likeness (QED) is 0.784. The monoisotopic (exact) mass is 383 g/mol. The molecule has 2 heterocycles. The van der Waals surface area contributed by atoms with Gasteiger partial charge in [0.1, 0.15) is 0 Å². The summed E-state index contributed by atoms with van der Waals surface area (Å²) in [6.45, 7) is 4.24. The van der Waals surface area contributed by atoms with Gasteiger partial charge in [0.15, 0.2) is 5.82 Å². The number of hydrogen-bond acceptors (Lipinski definition) is 7. The third kappa shape index (κ3) is 4.52. The number of halogens is 1. The number of aromatic nitrogens is 2. The van der Waals surface area contributed by atoms with Gasteiger partial charge in [0, 0.05) is 37.0 Å². The molecule has 0 saturated carbocycles. The summed E-state index contributed by atoms with van der Waals surface area (Å²) in [5.74, 6) is 1.09. The number of thioether (sulfide) groups is 1. The Balaban J connectivity index is 0.00000225. The van der Waals surface area contributed by atoms with Gasteiger partial charge in [-0.25, -0.2) is 0 Å². The van der Waals surface area contributed by atoms with Crippen LogP contribution in [0.15, 0.2) is 27.6 Å². The minimum Gasteiger partial charge on any atom is -0.334 e. The van der Waals surface area contributed by atoms with E-state index in [4.69, 9.17) is 4.52 Å². The molecule has 2 aromatic rings. The van der Waals surface area contributed by atoms with E-state index >= 15 is 0 Å². The Labute approximate surface area is 157 Å². The molecule has 1 amide bonds. The molecule has 3 rings (SSSR count). The summed E-state index contributed by atoms with van der Waals surface area (Å²) < 4.78 is 5.46. The van der Waals surface area contributed by atoms with Gasteiger partial charge in [-0.2, -0.15) is 4.98 Å². The number of piperazine rings is 1. The van der Waals surface area contributed by atoms with Crippen molar-refractivity contribution >= 4 is 35.8 Å². The highest BCUT2D eigenvalue weighted by Gasteiger charge is 2.25. The number of amides is 1. The molecule has 25 heavy (non-hydrogen) atoms. The molecule has 1 aromatic heterocycles. The van der Waals surface area contributed by atoms with Crippen molar-refractivity contribution in [2.24, 2.45) is 0 Å². The van der Waals surface area contributed by atoms with Crippen LogP contribution in [0.1, 0.15) is 18.8 Å². The molecule has 1 aromatic carbocycles. The first kappa shape index (κ1) is 19.7. The summed E-state index contributed by atoms with van der Waals surface area (Å²) in [7, 11) is 2.07. The van der Waals surface area contributed by atoms with Gasteiger partial charge in [-0.3, -0.25) is 9.69 Å². The zero-order valence-corrected chi connectivity index (χ0v) is 16.0. The predicted octanol–water partition coefficient (Wildman–Crippen LogP) is 2.41. The largest absolute Gasteiger partial charge is 0.334 e. The van der Waals surface area contributed by atoms with Gasteiger partial charge < -0.3 is 15.2 Å². The molecule has 0 spiro atoms. The Morgan fingerprint density at radius 3 is 2.96 bits per heavy atom. The van der Waals surface area contributed by atoms with E-state index in [0.29, 0.717) is 11.7 Å². The fourth-order valence-electron chi connectivity index (χ4n) is 2.70. The molecule has 0 bridgehead atoms. The van der Waals surface area contributed by atoms with Crippen LogP contribution in [0.25, 0.3) is 11.5 Å². The maximum absolute atomic E-state index is 11.3. The Morgan fingerprint density at radius 2 is 2.28 bits per heavy atom. The Hall–Kier alpha value is -1.61. The van der Waals surface area contributed by atoms with Crippen molar-refractivity contribution in [1.29, 1.82) is 0 Å². The molecule has 0 aliphatic carbocycles. The van der Waals surface area contributed by atoms with Crippen molar-refractivity contribution in [3.63, 3.8) is 0 Å². The SMILES string of the molecule is CSc1cc(-c2nc(C3CNCCN3C)no2)ccc1NC(C)=O.Cl. The van der Waals surface area contributed by atoms with Gasteiger partial charge in [0.2, 0.25) is 5.91 Å². The zero-order valence-electron chi connectivity index (χ0n) is 14.4. The number of carbonyl (C=O) groups is 1. The van der Waals surface area contributed by atoms with Crippen molar-refractivity contribution in [2.75, 3.05) is 38.3 Å². The second kappa shape index (κ2) is 8.66. The maximum Gasteiger partial charge on any atom is 0.258 e. The first-order valence-electron chi connectivity index (χ1n) is 7.79. The van der Waals surface area contributed by atoms with Crippen molar-refractivity contribution < 1.29 is 9.32 Å². The van der Waals surface area contributed by atoms with E-state index in [1.807, 2.05) is 24.5 Å². The predicted molar refractivity (Wildman–Crippen MR) is 101 cm³/mol. The third-order valence-corrected chi connectivity index (χ3v) is 4.79. The molecular weight excluding hydrogens is 362 g/mol. The zero-order chi connectivity index (χ0) is 17.1. The lowest BCUT2D eigenvalue weighted by molar-refractivity contribution is -0.114. The van der Waals surface area contributed by atoms with Crippen LogP contribution in [0.3, 0.4) is 0 Å². The number of likely N-dealkylation sites (N-methyl/N-ethyl adjacent to an activating group) is 1. The van der Waals surface area contributed by atoms with Gasteiger partial charge >= 0.3 is 0 Å². The highest BCUT2D eigenvalue weighted by atomic mass is 35.5.